The van der Waals surface area contributed by atoms with Gasteiger partial charge >= 0.3 is 6.18 Å². The summed E-state index contributed by atoms with van der Waals surface area (Å²) in [6.07, 6.45) is -1.17. The predicted molar refractivity (Wildman–Crippen MR) is 139 cm³/mol. The van der Waals surface area contributed by atoms with Gasteiger partial charge in [-0.15, -0.1) is 0 Å². The van der Waals surface area contributed by atoms with E-state index in [4.69, 9.17) is 4.74 Å². The summed E-state index contributed by atoms with van der Waals surface area (Å²) in [6, 6.07) is 6.42. The number of carbonyl (C=O) groups excluding carboxylic acids is 1. The number of benzene rings is 1. The van der Waals surface area contributed by atoms with Crippen LogP contribution in [0.3, 0.4) is 0 Å². The van der Waals surface area contributed by atoms with E-state index < -0.39 is 27.7 Å². The van der Waals surface area contributed by atoms with Crippen LogP contribution in [0.1, 0.15) is 52.5 Å². The second-order valence-corrected chi connectivity index (χ2v) is 12.0. The fourth-order valence-corrected chi connectivity index (χ4v) is 6.14. The molecule has 1 aromatic heterocycles. The molecule has 210 valence electrons. The van der Waals surface area contributed by atoms with E-state index in [0.29, 0.717) is 51.3 Å². The third-order valence-electron chi connectivity index (χ3n) is 7.39. The van der Waals surface area contributed by atoms with E-state index >= 15 is 0 Å². The molecule has 12 heteroatoms. The molecule has 1 amide bonds. The van der Waals surface area contributed by atoms with Crippen LogP contribution in [0.15, 0.2) is 30.3 Å². The number of hydrogen-bond donors (Lipinski definition) is 1. The summed E-state index contributed by atoms with van der Waals surface area (Å²) >= 11 is 0. The first-order valence-corrected chi connectivity index (χ1v) is 14.7. The van der Waals surface area contributed by atoms with E-state index in [1.165, 1.54) is 22.7 Å². The van der Waals surface area contributed by atoms with Gasteiger partial charge in [-0.25, -0.2) is 12.7 Å². The van der Waals surface area contributed by atoms with Gasteiger partial charge in [-0.1, -0.05) is 6.07 Å². The predicted octanol–water partition coefficient (Wildman–Crippen LogP) is 3.93. The second kappa shape index (κ2) is 11.8. The topological polar surface area (TPSA) is 83.9 Å². The Hall–Kier alpha value is -2.41. The first-order chi connectivity index (χ1) is 17.9. The van der Waals surface area contributed by atoms with Gasteiger partial charge in [0.05, 0.1) is 30.6 Å². The van der Waals surface area contributed by atoms with Crippen LogP contribution in [0.2, 0.25) is 0 Å². The van der Waals surface area contributed by atoms with Crippen LogP contribution in [0.25, 0.3) is 0 Å². The Bertz CT molecular complexity index is 1230. The van der Waals surface area contributed by atoms with Crippen LogP contribution < -0.4 is 5.32 Å². The minimum absolute atomic E-state index is 0.0743. The molecule has 4 rings (SSSR count). The van der Waals surface area contributed by atoms with Crippen molar-refractivity contribution in [3.63, 3.8) is 0 Å². The Morgan fingerprint density at radius 1 is 1.08 bits per heavy atom. The maximum atomic E-state index is 13.2. The van der Waals surface area contributed by atoms with Crippen molar-refractivity contribution in [2.24, 2.45) is 0 Å². The molecule has 0 unspecified atom stereocenters. The van der Waals surface area contributed by atoms with E-state index in [9.17, 15) is 26.4 Å². The summed E-state index contributed by atoms with van der Waals surface area (Å²) in [7, 11) is -3.27. The lowest BCUT2D eigenvalue weighted by Gasteiger charge is -2.31. The van der Waals surface area contributed by atoms with Crippen LogP contribution in [-0.4, -0.2) is 80.3 Å². The molecule has 2 aliphatic rings. The number of nitrogens with one attached hydrogen (secondary N) is 1. The van der Waals surface area contributed by atoms with Gasteiger partial charge in [0.1, 0.15) is 0 Å². The van der Waals surface area contributed by atoms with Crippen molar-refractivity contribution in [2.75, 3.05) is 57.5 Å². The maximum Gasteiger partial charge on any atom is 0.416 e. The van der Waals surface area contributed by atoms with E-state index in [2.05, 4.69) is 14.8 Å². The SMILES string of the molecule is Cc1c(C(=O)Nc2cccc(C(F)(F)F)c2)cc(C2CCN(S(C)(=O)=O)CC2)n1CCCN1CCOCC1. The summed E-state index contributed by atoms with van der Waals surface area (Å²) < 4.78 is 72.4. The minimum Gasteiger partial charge on any atom is -0.379 e. The minimum atomic E-state index is -4.51. The zero-order chi connectivity index (χ0) is 27.5. The highest BCUT2D eigenvalue weighted by Crippen LogP contribution is 2.34. The summed E-state index contributed by atoms with van der Waals surface area (Å²) in [4.78, 5) is 15.6. The van der Waals surface area contributed by atoms with Crippen LogP contribution in [0.4, 0.5) is 18.9 Å². The number of carbonyl (C=O) groups is 1. The second-order valence-electron chi connectivity index (χ2n) is 10.00. The molecule has 3 heterocycles. The molecule has 0 saturated carbocycles. The lowest BCUT2D eigenvalue weighted by Crippen LogP contribution is -2.38. The van der Waals surface area contributed by atoms with Crippen molar-refractivity contribution < 1.29 is 31.1 Å². The molecular weight excluding hydrogens is 521 g/mol. The molecule has 2 aromatic rings. The zero-order valence-corrected chi connectivity index (χ0v) is 22.6. The number of amides is 1. The highest BCUT2D eigenvalue weighted by Gasteiger charge is 2.31. The molecule has 0 radical (unpaired) electrons. The number of halogens is 3. The van der Waals surface area contributed by atoms with Crippen molar-refractivity contribution >= 4 is 21.6 Å². The highest BCUT2D eigenvalue weighted by molar-refractivity contribution is 7.88. The molecule has 1 N–H and O–H groups in total. The molecule has 0 spiro atoms. The maximum absolute atomic E-state index is 13.2. The zero-order valence-electron chi connectivity index (χ0n) is 21.8. The monoisotopic (exact) mass is 556 g/mol. The first kappa shape index (κ1) is 28.6. The van der Waals surface area contributed by atoms with Crippen molar-refractivity contribution in [3.8, 4) is 0 Å². The van der Waals surface area contributed by atoms with Gasteiger partial charge in [0, 0.05) is 62.3 Å². The normalized spacial score (nSPS) is 18.6. The number of morpholine rings is 1. The third kappa shape index (κ3) is 6.96. The number of anilines is 1. The van der Waals surface area contributed by atoms with Gasteiger partial charge in [-0.3, -0.25) is 9.69 Å². The molecular formula is C26H35F3N4O4S. The summed E-state index contributed by atoms with van der Waals surface area (Å²) in [5.74, 6) is -0.395. The van der Waals surface area contributed by atoms with E-state index in [1.54, 1.807) is 0 Å². The van der Waals surface area contributed by atoms with Gasteiger partial charge in [0.15, 0.2) is 0 Å². The Morgan fingerprint density at radius 3 is 2.39 bits per heavy atom. The van der Waals surface area contributed by atoms with Gasteiger partial charge in [0.25, 0.3) is 5.91 Å². The molecule has 0 aliphatic carbocycles. The van der Waals surface area contributed by atoms with E-state index in [-0.39, 0.29) is 11.6 Å². The quantitative estimate of drug-likeness (QED) is 0.533. The third-order valence-corrected chi connectivity index (χ3v) is 8.70. The Kier molecular flexibility index (Phi) is 8.85. The van der Waals surface area contributed by atoms with Crippen LogP contribution >= 0.6 is 0 Å². The number of nitrogens with zero attached hydrogens (tertiary/aromatic N) is 3. The first-order valence-electron chi connectivity index (χ1n) is 12.9. The number of ether oxygens (including phenoxy) is 1. The van der Waals surface area contributed by atoms with Crippen molar-refractivity contribution in [1.29, 1.82) is 0 Å². The smallest absolute Gasteiger partial charge is 0.379 e. The average molecular weight is 557 g/mol. The van der Waals surface area contributed by atoms with E-state index in [0.717, 1.165) is 49.6 Å². The lowest BCUT2D eigenvalue weighted by atomic mass is 9.94. The molecule has 2 saturated heterocycles. The highest BCUT2D eigenvalue weighted by atomic mass is 32.2. The molecule has 0 atom stereocenters. The fourth-order valence-electron chi connectivity index (χ4n) is 5.27. The lowest BCUT2D eigenvalue weighted by molar-refractivity contribution is -0.137. The Balaban J connectivity index is 1.55. The number of rotatable bonds is 8. The fraction of sp³-hybridized carbons (Fsp3) is 0.577. The molecule has 8 nitrogen and oxygen atoms in total. The molecule has 1 aromatic carbocycles. The number of sulfonamides is 1. The number of hydrogen-bond acceptors (Lipinski definition) is 5. The van der Waals surface area contributed by atoms with Crippen molar-refractivity contribution in [1.82, 2.24) is 13.8 Å². The summed E-state index contributed by atoms with van der Waals surface area (Å²) in [5.41, 5.74) is 1.37. The molecule has 0 bridgehead atoms. The summed E-state index contributed by atoms with van der Waals surface area (Å²) in [5, 5.41) is 2.63. The molecule has 2 aliphatic heterocycles. The number of piperidine rings is 1. The van der Waals surface area contributed by atoms with Crippen molar-refractivity contribution in [3.05, 3.63) is 52.8 Å². The number of alkyl halides is 3. The Labute approximate surface area is 221 Å². The van der Waals surface area contributed by atoms with Gasteiger partial charge in [-0.2, -0.15) is 13.2 Å². The van der Waals surface area contributed by atoms with Crippen LogP contribution in [-0.2, 0) is 27.5 Å². The largest absolute Gasteiger partial charge is 0.416 e. The van der Waals surface area contributed by atoms with Gasteiger partial charge < -0.3 is 14.6 Å². The van der Waals surface area contributed by atoms with Crippen LogP contribution in [0, 0.1) is 6.92 Å². The Morgan fingerprint density at radius 2 is 1.76 bits per heavy atom. The van der Waals surface area contributed by atoms with E-state index in [1.807, 2.05) is 13.0 Å². The average Bonchev–Trinajstić information content (AvgIpc) is 3.20. The molecule has 2 fully saturated rings. The standard InChI is InChI=1S/C26H35F3N4O4S/c1-19-23(25(34)30-22-6-3-5-21(17-22)26(27,28)29)18-24(20-7-11-32(12-8-20)38(2,35)36)33(19)10-4-9-31-13-15-37-16-14-31/h3,5-6,17-18,20H,4,7-16H2,1-2H3,(H,30,34). The van der Waals surface area contributed by atoms with Crippen LogP contribution in [0.5, 0.6) is 0 Å². The summed E-state index contributed by atoms with van der Waals surface area (Å²) in [6.45, 7) is 7.43. The number of aromatic nitrogens is 1. The molecule has 38 heavy (non-hydrogen) atoms. The van der Waals surface area contributed by atoms with Gasteiger partial charge in [-0.05, 0) is 50.5 Å². The van der Waals surface area contributed by atoms with Crippen molar-refractivity contribution in [2.45, 2.75) is 44.8 Å². The van der Waals surface area contributed by atoms with Gasteiger partial charge in [0.2, 0.25) is 10.0 Å².